The summed E-state index contributed by atoms with van der Waals surface area (Å²) in [6.07, 6.45) is 0.851. The molecule has 0 unspecified atom stereocenters. The minimum Gasteiger partial charge on any atom is -0.289 e. The van der Waals surface area contributed by atoms with Crippen LogP contribution in [0.2, 0.25) is 0 Å². The first-order chi connectivity index (χ1) is 9.90. The zero-order chi connectivity index (χ0) is 15.7. The zero-order valence-electron chi connectivity index (χ0n) is 12.6. The van der Waals surface area contributed by atoms with E-state index in [1.165, 1.54) is 0 Å². The largest absolute Gasteiger partial charge is 0.348 e. The Labute approximate surface area is 140 Å². The van der Waals surface area contributed by atoms with Crippen LogP contribution >= 0.6 is 31.9 Å². The zero-order valence-corrected chi connectivity index (χ0v) is 15.7. The standard InChI is InChI=1S/C14H18Br2N4O/c1-5-10-13(16)11(20(6-2)18-10)7-19-9(4)12(15)8(3)17-14(19)21/h5-7H2,1-4H3. The van der Waals surface area contributed by atoms with Crippen molar-refractivity contribution in [2.24, 2.45) is 0 Å². The van der Waals surface area contributed by atoms with E-state index in [0.717, 1.165) is 39.0 Å². The molecule has 0 aliphatic carbocycles. The van der Waals surface area contributed by atoms with Crippen molar-refractivity contribution in [2.75, 3.05) is 0 Å². The molecule has 0 amide bonds. The number of aromatic nitrogens is 4. The van der Waals surface area contributed by atoms with Crippen molar-refractivity contribution in [1.82, 2.24) is 19.3 Å². The van der Waals surface area contributed by atoms with Gasteiger partial charge in [-0.15, -0.1) is 0 Å². The van der Waals surface area contributed by atoms with Crippen molar-refractivity contribution in [3.63, 3.8) is 0 Å². The van der Waals surface area contributed by atoms with E-state index in [-0.39, 0.29) is 5.69 Å². The van der Waals surface area contributed by atoms with Crippen LogP contribution in [-0.4, -0.2) is 19.3 Å². The Morgan fingerprint density at radius 3 is 2.38 bits per heavy atom. The van der Waals surface area contributed by atoms with Crippen LogP contribution in [0.4, 0.5) is 0 Å². The second-order valence-corrected chi connectivity index (χ2v) is 6.43. The molecule has 0 saturated heterocycles. The van der Waals surface area contributed by atoms with Crippen LogP contribution in [0.25, 0.3) is 0 Å². The number of hydrogen-bond donors (Lipinski definition) is 0. The molecule has 0 aromatic carbocycles. The molecule has 2 aromatic rings. The van der Waals surface area contributed by atoms with E-state index >= 15 is 0 Å². The van der Waals surface area contributed by atoms with Crippen LogP contribution in [-0.2, 0) is 19.5 Å². The first-order valence-electron chi connectivity index (χ1n) is 6.88. The maximum atomic E-state index is 12.2. The van der Waals surface area contributed by atoms with E-state index < -0.39 is 0 Å². The van der Waals surface area contributed by atoms with Gasteiger partial charge in [0.25, 0.3) is 0 Å². The lowest BCUT2D eigenvalue weighted by atomic mass is 10.3. The molecule has 0 saturated carbocycles. The summed E-state index contributed by atoms with van der Waals surface area (Å²) in [6.45, 7) is 9.07. The summed E-state index contributed by atoms with van der Waals surface area (Å²) >= 11 is 7.11. The van der Waals surface area contributed by atoms with Gasteiger partial charge in [0.15, 0.2) is 0 Å². The van der Waals surface area contributed by atoms with Gasteiger partial charge in [0.2, 0.25) is 0 Å². The van der Waals surface area contributed by atoms with Gasteiger partial charge in [-0.1, -0.05) is 6.92 Å². The predicted octanol–water partition coefficient (Wildman–Crippen LogP) is 3.21. The number of aryl methyl sites for hydroxylation is 3. The van der Waals surface area contributed by atoms with E-state index in [1.54, 1.807) is 4.57 Å². The summed E-state index contributed by atoms with van der Waals surface area (Å²) < 4.78 is 5.46. The maximum absolute atomic E-state index is 12.2. The fraction of sp³-hybridized carbons (Fsp3) is 0.500. The molecule has 2 rings (SSSR count). The molecule has 0 atom stereocenters. The summed E-state index contributed by atoms with van der Waals surface area (Å²) in [6, 6.07) is 0. The number of rotatable bonds is 4. The van der Waals surface area contributed by atoms with Crippen molar-refractivity contribution in [3.8, 4) is 0 Å². The second-order valence-electron chi connectivity index (χ2n) is 4.84. The summed E-state index contributed by atoms with van der Waals surface area (Å²) in [5, 5.41) is 4.56. The van der Waals surface area contributed by atoms with Gasteiger partial charge in [-0.2, -0.15) is 10.1 Å². The van der Waals surface area contributed by atoms with Gasteiger partial charge in [-0.25, -0.2) is 4.79 Å². The molecule has 7 heteroatoms. The van der Waals surface area contributed by atoms with Crippen LogP contribution in [0.5, 0.6) is 0 Å². The Balaban J connectivity index is 2.56. The fourth-order valence-electron chi connectivity index (χ4n) is 2.28. The molecular weight excluding hydrogens is 400 g/mol. The Bertz CT molecular complexity index is 734. The lowest BCUT2D eigenvalue weighted by Gasteiger charge is -2.13. The van der Waals surface area contributed by atoms with Crippen molar-refractivity contribution in [2.45, 2.75) is 47.2 Å². The summed E-state index contributed by atoms with van der Waals surface area (Å²) in [5.41, 5.74) is 3.36. The highest BCUT2D eigenvalue weighted by molar-refractivity contribution is 9.10. The van der Waals surface area contributed by atoms with Gasteiger partial charge in [-0.05, 0) is 59.1 Å². The normalized spacial score (nSPS) is 11.1. The molecule has 0 N–H and O–H groups in total. The molecular formula is C14H18Br2N4O. The van der Waals surface area contributed by atoms with Gasteiger partial charge in [0.05, 0.1) is 32.6 Å². The molecule has 0 bridgehead atoms. The Morgan fingerprint density at radius 1 is 1.14 bits per heavy atom. The van der Waals surface area contributed by atoms with E-state index in [1.807, 2.05) is 25.5 Å². The van der Waals surface area contributed by atoms with Gasteiger partial charge in [0.1, 0.15) is 0 Å². The number of hydrogen-bond acceptors (Lipinski definition) is 3. The minimum atomic E-state index is -0.234. The lowest BCUT2D eigenvalue weighted by Crippen LogP contribution is -2.28. The predicted molar refractivity (Wildman–Crippen MR) is 89.8 cm³/mol. The third-order valence-corrected chi connectivity index (χ3v) is 5.60. The highest BCUT2D eigenvalue weighted by Crippen LogP contribution is 2.24. The highest BCUT2D eigenvalue weighted by Gasteiger charge is 2.17. The molecule has 2 heterocycles. The molecule has 5 nitrogen and oxygen atoms in total. The van der Waals surface area contributed by atoms with Crippen molar-refractivity contribution in [3.05, 3.63) is 42.2 Å². The Kier molecular flexibility index (Phi) is 5.03. The minimum absolute atomic E-state index is 0.234. The molecule has 0 fully saturated rings. The van der Waals surface area contributed by atoms with E-state index in [0.29, 0.717) is 12.2 Å². The molecule has 0 aliphatic heterocycles. The number of nitrogens with zero attached hydrogens (tertiary/aromatic N) is 4. The lowest BCUT2D eigenvalue weighted by molar-refractivity contribution is 0.576. The van der Waals surface area contributed by atoms with Crippen molar-refractivity contribution in [1.29, 1.82) is 0 Å². The first-order valence-corrected chi connectivity index (χ1v) is 8.46. The Hall–Kier alpha value is -0.950. The van der Waals surface area contributed by atoms with Crippen LogP contribution in [0.15, 0.2) is 13.7 Å². The molecule has 0 aliphatic rings. The molecule has 21 heavy (non-hydrogen) atoms. The van der Waals surface area contributed by atoms with E-state index in [2.05, 4.69) is 48.9 Å². The summed E-state index contributed by atoms with van der Waals surface area (Å²) in [7, 11) is 0. The van der Waals surface area contributed by atoms with E-state index in [4.69, 9.17) is 0 Å². The first kappa shape index (κ1) is 16.4. The van der Waals surface area contributed by atoms with Gasteiger partial charge < -0.3 is 0 Å². The molecule has 0 radical (unpaired) electrons. The smallest absolute Gasteiger partial charge is 0.289 e. The van der Waals surface area contributed by atoms with Crippen molar-refractivity contribution >= 4 is 31.9 Å². The monoisotopic (exact) mass is 416 g/mol. The SMILES string of the molecule is CCc1nn(CC)c(Cn2c(C)c(Br)c(C)nc2=O)c1Br. The molecule has 2 aromatic heterocycles. The van der Waals surface area contributed by atoms with Gasteiger partial charge >= 0.3 is 5.69 Å². The van der Waals surface area contributed by atoms with Gasteiger partial charge in [0, 0.05) is 12.2 Å². The fourth-order valence-corrected chi connectivity index (χ4v) is 3.27. The average molecular weight is 418 g/mol. The van der Waals surface area contributed by atoms with Crippen molar-refractivity contribution < 1.29 is 0 Å². The molecule has 114 valence electrons. The summed E-state index contributed by atoms with van der Waals surface area (Å²) in [5.74, 6) is 0. The molecule has 0 spiro atoms. The quantitative estimate of drug-likeness (QED) is 0.767. The van der Waals surface area contributed by atoms with E-state index in [9.17, 15) is 4.79 Å². The maximum Gasteiger partial charge on any atom is 0.348 e. The Morgan fingerprint density at radius 2 is 1.81 bits per heavy atom. The third-order valence-electron chi connectivity index (χ3n) is 3.54. The summed E-state index contributed by atoms with van der Waals surface area (Å²) in [4.78, 5) is 16.2. The van der Waals surface area contributed by atoms with Crippen LogP contribution in [0.1, 0.15) is 36.6 Å². The van der Waals surface area contributed by atoms with Gasteiger partial charge in [-0.3, -0.25) is 9.25 Å². The second kappa shape index (κ2) is 6.44. The topological polar surface area (TPSA) is 52.7 Å². The van der Waals surface area contributed by atoms with Crippen LogP contribution in [0, 0.1) is 13.8 Å². The van der Waals surface area contributed by atoms with Crippen LogP contribution in [0.3, 0.4) is 0 Å². The van der Waals surface area contributed by atoms with Crippen LogP contribution < -0.4 is 5.69 Å². The number of halogens is 2. The third kappa shape index (κ3) is 2.99. The highest BCUT2D eigenvalue weighted by atomic mass is 79.9. The average Bonchev–Trinajstić information content (AvgIpc) is 2.77.